The van der Waals surface area contributed by atoms with Crippen LogP contribution in [-0.4, -0.2) is 18.1 Å². The lowest BCUT2D eigenvalue weighted by molar-refractivity contribution is -0.118. The molecule has 0 spiro atoms. The van der Waals surface area contributed by atoms with Gasteiger partial charge in [-0.15, -0.1) is 12.4 Å². The maximum absolute atomic E-state index is 11.8. The molecule has 1 amide bonds. The van der Waals surface area contributed by atoms with Crippen LogP contribution in [0.3, 0.4) is 0 Å². The molecule has 1 aromatic rings. The van der Waals surface area contributed by atoms with E-state index in [1.807, 2.05) is 6.92 Å². The first-order valence-electron chi connectivity index (χ1n) is 6.08. The fourth-order valence-corrected chi connectivity index (χ4v) is 1.76. The largest absolute Gasteiger partial charge is 0.492 e. The van der Waals surface area contributed by atoms with E-state index in [0.29, 0.717) is 23.1 Å². The van der Waals surface area contributed by atoms with E-state index in [1.165, 1.54) is 0 Å². The topological polar surface area (TPSA) is 64.3 Å². The van der Waals surface area contributed by atoms with Crippen LogP contribution in [0.4, 0.5) is 5.69 Å². The Kier molecular flexibility index (Phi) is 5.47. The maximum Gasteiger partial charge on any atom is 0.244 e. The second kappa shape index (κ2) is 6.46. The van der Waals surface area contributed by atoms with Crippen molar-refractivity contribution < 1.29 is 9.53 Å². The van der Waals surface area contributed by atoms with Crippen LogP contribution in [0, 0.1) is 0 Å². The first-order valence-corrected chi connectivity index (χ1v) is 6.45. The molecular formula is C13H18Cl2N2O2. The van der Waals surface area contributed by atoms with Crippen LogP contribution in [0.15, 0.2) is 18.2 Å². The summed E-state index contributed by atoms with van der Waals surface area (Å²) in [6.45, 7) is 2.65. The SMILES string of the molecule is CCCOc1ccc(NC(=O)C2(N)CC2)cc1Cl.Cl. The number of hydrogen-bond acceptors (Lipinski definition) is 3. The average molecular weight is 305 g/mol. The van der Waals surface area contributed by atoms with Crippen LogP contribution < -0.4 is 15.8 Å². The minimum Gasteiger partial charge on any atom is -0.492 e. The highest BCUT2D eigenvalue weighted by Gasteiger charge is 2.45. The minimum atomic E-state index is -0.677. The van der Waals surface area contributed by atoms with Crippen molar-refractivity contribution in [1.82, 2.24) is 0 Å². The lowest BCUT2D eigenvalue weighted by Crippen LogP contribution is -2.37. The third kappa shape index (κ3) is 4.00. The summed E-state index contributed by atoms with van der Waals surface area (Å²) in [6, 6.07) is 5.19. The van der Waals surface area contributed by atoms with Gasteiger partial charge in [-0.2, -0.15) is 0 Å². The number of nitrogens with one attached hydrogen (secondary N) is 1. The van der Waals surface area contributed by atoms with Crippen molar-refractivity contribution in [2.75, 3.05) is 11.9 Å². The number of ether oxygens (including phenoxy) is 1. The number of nitrogens with two attached hydrogens (primary N) is 1. The molecule has 1 saturated carbocycles. The van der Waals surface area contributed by atoms with Crippen LogP contribution in [-0.2, 0) is 4.79 Å². The summed E-state index contributed by atoms with van der Waals surface area (Å²) in [5, 5.41) is 3.25. The minimum absolute atomic E-state index is 0. The molecule has 0 aromatic heterocycles. The quantitative estimate of drug-likeness (QED) is 0.879. The normalized spacial score (nSPS) is 15.3. The van der Waals surface area contributed by atoms with Gasteiger partial charge in [0.1, 0.15) is 5.75 Å². The lowest BCUT2D eigenvalue weighted by Gasteiger charge is -2.12. The summed E-state index contributed by atoms with van der Waals surface area (Å²) < 4.78 is 5.46. The van der Waals surface area contributed by atoms with E-state index in [1.54, 1.807) is 18.2 Å². The van der Waals surface area contributed by atoms with Crippen molar-refractivity contribution in [2.45, 2.75) is 31.7 Å². The molecule has 0 saturated heterocycles. The number of halogens is 2. The number of carbonyl (C=O) groups is 1. The summed E-state index contributed by atoms with van der Waals surface area (Å²) >= 11 is 6.07. The van der Waals surface area contributed by atoms with E-state index >= 15 is 0 Å². The Morgan fingerprint density at radius 3 is 2.74 bits per heavy atom. The predicted octanol–water partition coefficient (Wildman–Crippen LogP) is 2.98. The fraction of sp³-hybridized carbons (Fsp3) is 0.462. The van der Waals surface area contributed by atoms with E-state index in [9.17, 15) is 4.79 Å². The van der Waals surface area contributed by atoms with Crippen molar-refractivity contribution in [3.8, 4) is 5.75 Å². The van der Waals surface area contributed by atoms with Gasteiger partial charge in [0, 0.05) is 5.69 Å². The molecule has 1 fully saturated rings. The Morgan fingerprint density at radius 2 is 2.21 bits per heavy atom. The zero-order valence-electron chi connectivity index (χ0n) is 10.7. The summed E-state index contributed by atoms with van der Waals surface area (Å²) in [6.07, 6.45) is 2.40. The monoisotopic (exact) mass is 304 g/mol. The first kappa shape index (κ1) is 16.1. The van der Waals surface area contributed by atoms with Crippen molar-refractivity contribution >= 4 is 35.6 Å². The second-order valence-corrected chi connectivity index (χ2v) is 5.01. The van der Waals surface area contributed by atoms with Crippen molar-refractivity contribution in [2.24, 2.45) is 5.73 Å². The van der Waals surface area contributed by atoms with Crippen molar-refractivity contribution in [3.05, 3.63) is 23.2 Å². The van der Waals surface area contributed by atoms with E-state index in [0.717, 1.165) is 19.3 Å². The molecule has 0 atom stereocenters. The van der Waals surface area contributed by atoms with Gasteiger partial charge in [-0.05, 0) is 37.5 Å². The third-order valence-electron chi connectivity index (χ3n) is 2.89. The van der Waals surface area contributed by atoms with Gasteiger partial charge < -0.3 is 15.8 Å². The summed E-state index contributed by atoms with van der Waals surface area (Å²) in [7, 11) is 0. The highest BCUT2D eigenvalue weighted by Crippen LogP contribution is 2.34. The van der Waals surface area contributed by atoms with E-state index in [-0.39, 0.29) is 18.3 Å². The van der Waals surface area contributed by atoms with Crippen LogP contribution in [0.5, 0.6) is 5.75 Å². The Hall–Kier alpha value is -0.970. The van der Waals surface area contributed by atoms with Crippen LogP contribution in [0.2, 0.25) is 5.02 Å². The molecule has 0 aliphatic heterocycles. The van der Waals surface area contributed by atoms with Crippen molar-refractivity contribution in [1.29, 1.82) is 0 Å². The van der Waals surface area contributed by atoms with E-state index < -0.39 is 5.54 Å². The van der Waals surface area contributed by atoms with Crippen LogP contribution in [0.25, 0.3) is 0 Å². The molecule has 19 heavy (non-hydrogen) atoms. The Labute approximate surface area is 124 Å². The smallest absolute Gasteiger partial charge is 0.244 e. The van der Waals surface area contributed by atoms with Gasteiger partial charge in [0.2, 0.25) is 5.91 Å². The van der Waals surface area contributed by atoms with Gasteiger partial charge in [0.25, 0.3) is 0 Å². The molecule has 1 aromatic carbocycles. The number of benzene rings is 1. The van der Waals surface area contributed by atoms with Gasteiger partial charge in [-0.1, -0.05) is 18.5 Å². The molecule has 1 aliphatic carbocycles. The number of anilines is 1. The molecule has 0 bridgehead atoms. The van der Waals surface area contributed by atoms with Crippen molar-refractivity contribution in [3.63, 3.8) is 0 Å². The van der Waals surface area contributed by atoms with Gasteiger partial charge in [0.05, 0.1) is 17.2 Å². The lowest BCUT2D eigenvalue weighted by atomic mass is 10.2. The van der Waals surface area contributed by atoms with E-state index in [2.05, 4.69) is 5.32 Å². The standard InChI is InChI=1S/C13H17ClN2O2.ClH/c1-2-7-18-11-4-3-9(8-10(11)14)16-12(17)13(15)5-6-13;/h3-4,8H,2,5-7,15H2,1H3,(H,16,17);1H. The molecule has 4 nitrogen and oxygen atoms in total. The van der Waals surface area contributed by atoms with Gasteiger partial charge in [0.15, 0.2) is 0 Å². The molecule has 1 aliphatic rings. The fourth-order valence-electron chi connectivity index (χ4n) is 1.52. The zero-order valence-corrected chi connectivity index (χ0v) is 12.3. The number of amides is 1. The Bertz CT molecular complexity index is 462. The van der Waals surface area contributed by atoms with Crippen LogP contribution >= 0.6 is 24.0 Å². The maximum atomic E-state index is 11.8. The average Bonchev–Trinajstić information content (AvgIpc) is 3.08. The molecule has 2 rings (SSSR count). The predicted molar refractivity (Wildman–Crippen MR) is 79.3 cm³/mol. The Morgan fingerprint density at radius 1 is 1.53 bits per heavy atom. The number of carbonyl (C=O) groups excluding carboxylic acids is 1. The summed E-state index contributed by atoms with van der Waals surface area (Å²) in [5.41, 5.74) is 5.77. The van der Waals surface area contributed by atoms with Crippen LogP contribution in [0.1, 0.15) is 26.2 Å². The highest BCUT2D eigenvalue weighted by molar-refractivity contribution is 6.32. The number of hydrogen-bond donors (Lipinski definition) is 2. The van der Waals surface area contributed by atoms with Gasteiger partial charge in [-0.25, -0.2) is 0 Å². The molecular weight excluding hydrogens is 287 g/mol. The summed E-state index contributed by atoms with van der Waals surface area (Å²) in [5.74, 6) is 0.478. The second-order valence-electron chi connectivity index (χ2n) is 4.60. The first-order chi connectivity index (χ1) is 8.55. The molecule has 0 heterocycles. The van der Waals surface area contributed by atoms with Gasteiger partial charge >= 0.3 is 0 Å². The Balaban J connectivity index is 0.00000180. The van der Waals surface area contributed by atoms with E-state index in [4.69, 9.17) is 22.1 Å². The zero-order chi connectivity index (χ0) is 13.2. The molecule has 0 unspecified atom stereocenters. The summed E-state index contributed by atoms with van der Waals surface area (Å²) in [4.78, 5) is 11.8. The highest BCUT2D eigenvalue weighted by atomic mass is 35.5. The van der Waals surface area contributed by atoms with Gasteiger partial charge in [-0.3, -0.25) is 4.79 Å². The molecule has 0 radical (unpaired) electrons. The third-order valence-corrected chi connectivity index (χ3v) is 3.19. The molecule has 6 heteroatoms. The molecule has 106 valence electrons. The molecule has 3 N–H and O–H groups in total. The number of rotatable bonds is 5.